The second-order valence-electron chi connectivity index (χ2n) is 22.0. The van der Waals surface area contributed by atoms with Gasteiger partial charge in [0.1, 0.15) is 54.1 Å². The van der Waals surface area contributed by atoms with E-state index in [4.69, 9.17) is 17.2 Å². The first-order valence-corrected chi connectivity index (χ1v) is 28.1. The van der Waals surface area contributed by atoms with E-state index in [1.807, 2.05) is 13.8 Å². The van der Waals surface area contributed by atoms with Crippen LogP contribution in [0.4, 0.5) is 0 Å². The Morgan fingerprint density at radius 2 is 0.897 bits per heavy atom. The number of imidazole rings is 1. The van der Waals surface area contributed by atoms with Gasteiger partial charge in [-0.25, -0.2) is 9.78 Å². The Labute approximate surface area is 499 Å². The molecule has 6 rings (SSSR count). The molecule has 0 bridgehead atoms. The lowest BCUT2D eigenvalue weighted by Crippen LogP contribution is -2.61. The minimum absolute atomic E-state index is 0.121. The molecule has 19 N–H and O–H groups in total. The second-order valence-corrected chi connectivity index (χ2v) is 22.0. The number of aromatic nitrogens is 4. The van der Waals surface area contributed by atoms with Crippen LogP contribution >= 0.6 is 0 Å². The normalized spacial score (nSPS) is 14.4. The van der Waals surface area contributed by atoms with Crippen molar-refractivity contribution >= 4 is 86.8 Å². The van der Waals surface area contributed by atoms with E-state index in [1.54, 1.807) is 74.8 Å². The number of H-pyrrole nitrogens is 3. The molecular formula is C59H75N15O13. The number of hydrogen-bond acceptors (Lipinski definition) is 14. The summed E-state index contributed by atoms with van der Waals surface area (Å²) in [5.74, 6) is -12.1. The van der Waals surface area contributed by atoms with Gasteiger partial charge >= 0.3 is 5.97 Å². The van der Waals surface area contributed by atoms with Gasteiger partial charge in [0, 0.05) is 71.8 Å². The number of phenolic OH excluding ortho intramolecular Hbond substituents is 1. The molecule has 6 aromatic rings. The number of nitrogens with one attached hydrogen (secondary N) is 11. The van der Waals surface area contributed by atoms with Crippen LogP contribution in [0.15, 0.2) is 97.7 Å². The molecule has 0 spiro atoms. The zero-order valence-electron chi connectivity index (χ0n) is 48.6. The zero-order chi connectivity index (χ0) is 63.6. The highest BCUT2D eigenvalue weighted by atomic mass is 16.4. The molecular weight excluding hydrogens is 1130 g/mol. The van der Waals surface area contributed by atoms with Crippen LogP contribution in [0.2, 0.25) is 0 Å². The van der Waals surface area contributed by atoms with Crippen molar-refractivity contribution in [2.75, 3.05) is 0 Å². The van der Waals surface area contributed by atoms with Crippen molar-refractivity contribution in [2.45, 2.75) is 134 Å². The molecule has 9 atom stereocenters. The van der Waals surface area contributed by atoms with Crippen molar-refractivity contribution in [1.82, 2.24) is 62.5 Å². The number of fused-ring (bicyclic) bond motifs is 2. The first-order chi connectivity index (χ1) is 41.3. The average Bonchev–Trinajstić information content (AvgIpc) is 3.05. The minimum atomic E-state index is -1.93. The number of nitrogens with two attached hydrogens (primary N) is 3. The Hall–Kier alpha value is -10.1. The number of carboxylic acid groups (broad SMARTS) is 1. The SMILES string of the molecule is CC(C)C[C@H](NC(=O)[C@H](C)N)C(=O)N[C@@H](Cc1c[nH]c2ccccc12)C(=O)N[C@@H](Cc1ccc(O)cc1)C(=O)N[C@@H](CC(N)=O)C(=O)N[C@@H](CC(N)=O)C(=O)N[C@@H](Cc1cnc[nH]1)C(=O)N[C@@H](Cc1c[nH]c2ccccc12)C(=O)N[C@H](C(=O)O)C(C)C. The maximum Gasteiger partial charge on any atom is 0.326 e. The molecule has 3 aromatic carbocycles. The average molecular weight is 1200 g/mol. The molecule has 0 fully saturated rings. The van der Waals surface area contributed by atoms with E-state index in [-0.39, 0.29) is 43.8 Å². The molecule has 3 aromatic heterocycles. The molecule has 28 heteroatoms. The highest BCUT2D eigenvalue weighted by molar-refractivity contribution is 6.01. The van der Waals surface area contributed by atoms with Gasteiger partial charge in [-0.15, -0.1) is 0 Å². The van der Waals surface area contributed by atoms with Gasteiger partial charge < -0.3 is 84.9 Å². The summed E-state index contributed by atoms with van der Waals surface area (Å²) < 4.78 is 0. The maximum absolute atomic E-state index is 14.8. The number of hydrogen-bond donors (Lipinski definition) is 16. The summed E-state index contributed by atoms with van der Waals surface area (Å²) in [5.41, 5.74) is 20.3. The third kappa shape index (κ3) is 19.2. The van der Waals surface area contributed by atoms with Crippen LogP contribution in [0.3, 0.4) is 0 Å². The summed E-state index contributed by atoms with van der Waals surface area (Å²) in [6.07, 6.45) is 3.23. The number of amides is 10. The summed E-state index contributed by atoms with van der Waals surface area (Å²) in [4.78, 5) is 164. The van der Waals surface area contributed by atoms with Crippen LogP contribution < -0.4 is 59.7 Å². The van der Waals surface area contributed by atoms with Gasteiger partial charge in [0.2, 0.25) is 59.1 Å². The third-order valence-corrected chi connectivity index (χ3v) is 14.1. The van der Waals surface area contributed by atoms with Crippen LogP contribution in [0.1, 0.15) is 76.3 Å². The predicted octanol–water partition coefficient (Wildman–Crippen LogP) is -0.888. The van der Waals surface area contributed by atoms with E-state index >= 15 is 0 Å². The predicted molar refractivity (Wildman–Crippen MR) is 317 cm³/mol. The number of rotatable bonds is 32. The molecule has 87 heavy (non-hydrogen) atoms. The monoisotopic (exact) mass is 1200 g/mol. The van der Waals surface area contributed by atoms with Gasteiger partial charge in [0.25, 0.3) is 0 Å². The van der Waals surface area contributed by atoms with Crippen molar-refractivity contribution in [1.29, 1.82) is 0 Å². The minimum Gasteiger partial charge on any atom is -0.508 e. The number of para-hydroxylation sites is 2. The molecule has 0 saturated carbocycles. The van der Waals surface area contributed by atoms with Gasteiger partial charge in [-0.2, -0.15) is 0 Å². The lowest BCUT2D eigenvalue weighted by molar-refractivity contribution is -0.143. The van der Waals surface area contributed by atoms with Crippen LogP contribution in [0.25, 0.3) is 21.8 Å². The lowest BCUT2D eigenvalue weighted by Gasteiger charge is -2.28. The summed E-state index contributed by atoms with van der Waals surface area (Å²) in [6, 6.07) is 6.31. The van der Waals surface area contributed by atoms with Crippen molar-refractivity contribution in [3.8, 4) is 5.75 Å². The highest BCUT2D eigenvalue weighted by Gasteiger charge is 2.37. The van der Waals surface area contributed by atoms with Crippen molar-refractivity contribution in [3.63, 3.8) is 0 Å². The zero-order valence-corrected chi connectivity index (χ0v) is 48.6. The van der Waals surface area contributed by atoms with Gasteiger partial charge in [-0.1, -0.05) is 76.2 Å². The van der Waals surface area contributed by atoms with Gasteiger partial charge in [0.15, 0.2) is 0 Å². The number of aromatic amines is 3. The van der Waals surface area contributed by atoms with E-state index < -0.39 is 138 Å². The van der Waals surface area contributed by atoms with E-state index in [9.17, 15) is 63.0 Å². The molecule has 10 amide bonds. The Kier molecular flexibility index (Phi) is 23.2. The smallest absolute Gasteiger partial charge is 0.326 e. The molecule has 464 valence electrons. The molecule has 0 aliphatic heterocycles. The first kappa shape index (κ1) is 66.0. The number of nitrogens with zero attached hydrogens (tertiary/aromatic N) is 1. The number of carbonyl (C=O) groups is 11. The Morgan fingerprint density at radius 1 is 0.494 bits per heavy atom. The number of carboxylic acids is 1. The Bertz CT molecular complexity index is 3430. The van der Waals surface area contributed by atoms with Gasteiger partial charge in [-0.3, -0.25) is 47.9 Å². The fourth-order valence-corrected chi connectivity index (χ4v) is 9.59. The number of primary amides is 2. The van der Waals surface area contributed by atoms with Crippen LogP contribution in [-0.4, -0.2) is 150 Å². The summed E-state index contributed by atoms with van der Waals surface area (Å²) in [6.45, 7) is 8.25. The summed E-state index contributed by atoms with van der Waals surface area (Å²) in [5, 5.41) is 41.8. The number of benzene rings is 3. The molecule has 3 heterocycles. The van der Waals surface area contributed by atoms with E-state index in [2.05, 4.69) is 62.5 Å². The maximum atomic E-state index is 14.8. The standard InChI is InChI=1S/C59H75N15O13/c1-29(2)18-41(67-51(78)31(5)60)52(79)69-43(20-33-25-64-39-12-8-6-10-37(33)39)54(81)68-42(19-32-14-16-36(75)17-15-32)53(80)72-47(24-49(62)77)57(84)73-46(23-48(61)76)56(83)71-45(22-35-27-63-28-66-35)55(82)70-44(58(85)74-50(30(3)4)59(86)87)21-34-26-65-40-13-9-7-11-38(34)40/h6-17,25-31,41-47,50,64-65,75H,18-24,60H2,1-5H3,(H2,61,76)(H2,62,77)(H,63,66)(H,67,78)(H,68,81)(H,69,79)(H,70,82)(H,71,83)(H,72,80)(H,73,84)(H,74,85)(H,86,87)/t31-,41-,42-,43-,44-,45-,46-,47-,50-/m0/s1. The van der Waals surface area contributed by atoms with Crippen LogP contribution in [-0.2, 0) is 78.4 Å². The molecule has 0 unspecified atom stereocenters. The molecule has 0 aliphatic rings. The quantitative estimate of drug-likeness (QED) is 0.0244. The number of phenols is 1. The highest BCUT2D eigenvalue weighted by Crippen LogP contribution is 2.22. The number of aromatic hydroxyl groups is 1. The first-order valence-electron chi connectivity index (χ1n) is 28.1. The lowest BCUT2D eigenvalue weighted by atomic mass is 9.99. The Balaban J connectivity index is 1.27. The fraction of sp³-hybridized carbons (Fsp3) is 0.390. The fourth-order valence-electron chi connectivity index (χ4n) is 9.59. The Morgan fingerprint density at radius 3 is 1.31 bits per heavy atom. The largest absolute Gasteiger partial charge is 0.508 e. The number of aliphatic carboxylic acids is 1. The van der Waals surface area contributed by atoms with E-state index in [0.29, 0.717) is 44.2 Å². The van der Waals surface area contributed by atoms with Crippen molar-refractivity contribution in [2.24, 2.45) is 29.0 Å². The van der Waals surface area contributed by atoms with Gasteiger partial charge in [-0.05, 0) is 66.1 Å². The summed E-state index contributed by atoms with van der Waals surface area (Å²) in [7, 11) is 0. The molecule has 28 nitrogen and oxygen atoms in total. The van der Waals surface area contributed by atoms with E-state index in [0.717, 1.165) is 0 Å². The van der Waals surface area contributed by atoms with Crippen molar-refractivity contribution < 1.29 is 63.0 Å². The summed E-state index contributed by atoms with van der Waals surface area (Å²) >= 11 is 0. The second kappa shape index (κ2) is 30.6. The van der Waals surface area contributed by atoms with Gasteiger partial charge in [0.05, 0.1) is 25.2 Å². The molecule has 0 aliphatic carbocycles. The molecule has 0 radical (unpaired) electrons. The third-order valence-electron chi connectivity index (χ3n) is 14.1. The number of carbonyl (C=O) groups excluding carboxylic acids is 10. The van der Waals surface area contributed by atoms with E-state index in [1.165, 1.54) is 43.7 Å². The molecule has 0 saturated heterocycles. The topological polar surface area (TPSA) is 463 Å². The van der Waals surface area contributed by atoms with Crippen molar-refractivity contribution in [3.05, 3.63) is 120 Å². The van der Waals surface area contributed by atoms with Crippen LogP contribution in [0.5, 0.6) is 5.75 Å². The van der Waals surface area contributed by atoms with Crippen LogP contribution in [0, 0.1) is 11.8 Å².